The van der Waals surface area contributed by atoms with Gasteiger partial charge in [-0.15, -0.1) is 0 Å². The zero-order valence-corrected chi connectivity index (χ0v) is 9.03. The van der Waals surface area contributed by atoms with E-state index >= 15 is 0 Å². The molecule has 1 amide bonds. The summed E-state index contributed by atoms with van der Waals surface area (Å²) in [5, 5.41) is 2.38. The third-order valence-electron chi connectivity index (χ3n) is 1.86. The Morgan fingerprint density at radius 1 is 1.69 bits per heavy atom. The Balaban J connectivity index is 2.64. The molecule has 0 aliphatic heterocycles. The van der Waals surface area contributed by atoms with Gasteiger partial charge in [0.1, 0.15) is 17.9 Å². The minimum atomic E-state index is -0.881. The Labute approximate surface area is 96.5 Å². The van der Waals surface area contributed by atoms with Crippen LogP contribution in [0.4, 0.5) is 0 Å². The number of nitrogens with one attached hydrogen (secondary N) is 2. The van der Waals surface area contributed by atoms with Gasteiger partial charge in [0, 0.05) is 18.3 Å². The highest BCUT2D eigenvalue weighted by atomic mass is 35.5. The molecule has 0 saturated carbocycles. The van der Waals surface area contributed by atoms with Gasteiger partial charge >= 0.3 is 5.97 Å². The zero-order chi connectivity index (χ0) is 12.0. The van der Waals surface area contributed by atoms with Gasteiger partial charge in [0.05, 0.1) is 12.9 Å². The van der Waals surface area contributed by atoms with Crippen molar-refractivity contribution in [1.29, 1.82) is 0 Å². The van der Waals surface area contributed by atoms with Gasteiger partial charge < -0.3 is 20.3 Å². The van der Waals surface area contributed by atoms with Crippen LogP contribution in [0.2, 0.25) is 0 Å². The van der Waals surface area contributed by atoms with E-state index in [0.717, 1.165) is 0 Å². The molecule has 16 heavy (non-hydrogen) atoms. The molecule has 0 unspecified atom stereocenters. The summed E-state index contributed by atoms with van der Waals surface area (Å²) < 4.78 is 4.05. The van der Waals surface area contributed by atoms with Gasteiger partial charge in [0.15, 0.2) is 0 Å². The summed E-state index contributed by atoms with van der Waals surface area (Å²) in [5.41, 5.74) is 5.79. The van der Waals surface area contributed by atoms with Gasteiger partial charge in [0.25, 0.3) is 0 Å². The summed E-state index contributed by atoms with van der Waals surface area (Å²) in [6.45, 7) is -0.213. The van der Waals surface area contributed by atoms with Crippen molar-refractivity contribution in [1.82, 2.24) is 15.3 Å². The van der Waals surface area contributed by atoms with Gasteiger partial charge in [-0.2, -0.15) is 0 Å². The highest BCUT2D eigenvalue weighted by molar-refractivity contribution is 6.14. The van der Waals surface area contributed by atoms with E-state index in [1.807, 2.05) is 0 Å². The molecule has 1 aromatic heterocycles. The number of hydrogen-bond acceptors (Lipinski definition) is 5. The molecular weight excluding hydrogens is 236 g/mol. The van der Waals surface area contributed by atoms with Crippen molar-refractivity contribution in [2.45, 2.75) is 12.5 Å². The number of H-pyrrole nitrogens is 1. The molecule has 1 heterocycles. The van der Waals surface area contributed by atoms with Crippen LogP contribution in [0.15, 0.2) is 12.5 Å². The van der Waals surface area contributed by atoms with E-state index in [1.165, 1.54) is 12.5 Å². The van der Waals surface area contributed by atoms with Crippen molar-refractivity contribution in [3.8, 4) is 0 Å². The molecule has 0 bridgehead atoms. The van der Waals surface area contributed by atoms with E-state index in [-0.39, 0.29) is 13.0 Å². The number of imidazole rings is 1. The molecule has 0 fully saturated rings. The first kappa shape index (κ1) is 12.5. The van der Waals surface area contributed by atoms with E-state index in [1.54, 1.807) is 0 Å². The number of hydrogen-bond donors (Lipinski definition) is 3. The number of aromatic amines is 1. The smallest absolute Gasteiger partial charge is 0.347 e. The summed E-state index contributed by atoms with van der Waals surface area (Å²) in [4.78, 5) is 28.9. The fourth-order valence-electron chi connectivity index (χ4n) is 1.12. The molecular formula is C8H11ClN4O3. The Morgan fingerprint density at radius 3 is 2.94 bits per heavy atom. The Bertz CT molecular complexity index is 354. The third-order valence-corrected chi connectivity index (χ3v) is 2.01. The number of nitrogens with zero attached hydrogens (tertiary/aromatic N) is 1. The van der Waals surface area contributed by atoms with Crippen LogP contribution in [0.1, 0.15) is 5.69 Å². The minimum Gasteiger partial charge on any atom is -0.348 e. The van der Waals surface area contributed by atoms with Crippen molar-refractivity contribution in [2.24, 2.45) is 5.73 Å². The quantitative estimate of drug-likeness (QED) is 0.623. The molecule has 0 saturated heterocycles. The number of nitrogens with two attached hydrogens (primary N) is 1. The van der Waals surface area contributed by atoms with Crippen LogP contribution < -0.4 is 11.1 Å². The lowest BCUT2D eigenvalue weighted by molar-refractivity contribution is -0.138. The van der Waals surface area contributed by atoms with Crippen molar-refractivity contribution in [2.75, 3.05) is 6.54 Å². The molecule has 1 rings (SSSR count). The van der Waals surface area contributed by atoms with Crippen LogP contribution in [0.25, 0.3) is 0 Å². The van der Waals surface area contributed by atoms with E-state index in [9.17, 15) is 9.59 Å². The number of carbonyl (C=O) groups excluding carboxylic acids is 2. The summed E-state index contributed by atoms with van der Waals surface area (Å²) >= 11 is 4.96. The minimum absolute atomic E-state index is 0.206. The lowest BCUT2D eigenvalue weighted by atomic mass is 10.1. The van der Waals surface area contributed by atoms with Gasteiger partial charge in [-0.3, -0.25) is 4.79 Å². The Hall–Kier alpha value is -1.60. The van der Waals surface area contributed by atoms with Crippen LogP contribution >= 0.6 is 11.9 Å². The van der Waals surface area contributed by atoms with Crippen LogP contribution in [-0.2, 0) is 20.3 Å². The van der Waals surface area contributed by atoms with Crippen LogP contribution in [0, 0.1) is 0 Å². The van der Waals surface area contributed by atoms with Crippen molar-refractivity contribution in [3.63, 3.8) is 0 Å². The Morgan fingerprint density at radius 2 is 2.44 bits per heavy atom. The molecule has 0 aliphatic carbocycles. The maximum atomic E-state index is 11.2. The number of halogens is 1. The molecule has 0 aliphatic rings. The molecule has 0 aromatic carbocycles. The summed E-state index contributed by atoms with van der Waals surface area (Å²) in [5.74, 6) is -1.22. The Kier molecular flexibility index (Phi) is 4.74. The molecule has 0 spiro atoms. The van der Waals surface area contributed by atoms with E-state index in [2.05, 4.69) is 19.6 Å². The van der Waals surface area contributed by atoms with Gasteiger partial charge in [0.2, 0.25) is 5.91 Å². The van der Waals surface area contributed by atoms with Crippen molar-refractivity contribution in [3.05, 3.63) is 18.2 Å². The van der Waals surface area contributed by atoms with Gasteiger partial charge in [-0.1, -0.05) is 0 Å². The predicted molar refractivity (Wildman–Crippen MR) is 55.2 cm³/mol. The number of rotatable bonds is 5. The van der Waals surface area contributed by atoms with Crippen LogP contribution in [-0.4, -0.2) is 34.4 Å². The molecule has 8 heteroatoms. The van der Waals surface area contributed by atoms with Crippen molar-refractivity contribution < 1.29 is 13.9 Å². The second-order valence-corrected chi connectivity index (χ2v) is 3.16. The van der Waals surface area contributed by atoms with Crippen LogP contribution in [0.5, 0.6) is 0 Å². The molecule has 7 nitrogen and oxygen atoms in total. The fourth-order valence-corrected chi connectivity index (χ4v) is 1.22. The zero-order valence-electron chi connectivity index (χ0n) is 8.27. The number of amides is 1. The standard InChI is InChI=1S/C8H11ClN4O3/c9-16-8(15)6(13-7(14)2-10)1-5-3-11-4-12-5/h3-4,6H,1-2,10H2,(H,11,12)(H,13,14)/t6-/m0/s1. The first-order valence-corrected chi connectivity index (χ1v) is 4.77. The molecule has 1 atom stereocenters. The molecule has 0 radical (unpaired) electrons. The SMILES string of the molecule is NCC(=O)N[C@@H](Cc1cnc[nH]1)C(=O)OCl. The average molecular weight is 247 g/mol. The van der Waals surface area contributed by atoms with E-state index < -0.39 is 17.9 Å². The first-order chi connectivity index (χ1) is 7.67. The largest absolute Gasteiger partial charge is 0.348 e. The fraction of sp³-hybridized carbons (Fsp3) is 0.375. The number of aromatic nitrogens is 2. The maximum absolute atomic E-state index is 11.2. The average Bonchev–Trinajstić information content (AvgIpc) is 2.79. The summed E-state index contributed by atoms with van der Waals surface area (Å²) in [6, 6.07) is -0.881. The highest BCUT2D eigenvalue weighted by Gasteiger charge is 2.22. The molecule has 88 valence electrons. The normalized spacial score (nSPS) is 11.9. The van der Waals surface area contributed by atoms with Crippen LogP contribution in [0.3, 0.4) is 0 Å². The second kappa shape index (κ2) is 6.09. The third kappa shape index (κ3) is 3.52. The topological polar surface area (TPSA) is 110 Å². The monoisotopic (exact) mass is 246 g/mol. The van der Waals surface area contributed by atoms with E-state index in [0.29, 0.717) is 5.69 Å². The second-order valence-electron chi connectivity index (χ2n) is 3.00. The summed E-state index contributed by atoms with van der Waals surface area (Å²) in [7, 11) is 0. The molecule has 1 aromatic rings. The van der Waals surface area contributed by atoms with E-state index in [4.69, 9.17) is 17.6 Å². The maximum Gasteiger partial charge on any atom is 0.347 e. The van der Waals surface area contributed by atoms with Gasteiger partial charge in [-0.05, 0) is 0 Å². The lowest BCUT2D eigenvalue weighted by Gasteiger charge is -2.13. The lowest BCUT2D eigenvalue weighted by Crippen LogP contribution is -2.45. The van der Waals surface area contributed by atoms with Gasteiger partial charge in [-0.25, -0.2) is 9.78 Å². The predicted octanol–water partition coefficient (Wildman–Crippen LogP) is -0.907. The molecule has 4 N–H and O–H groups in total. The number of carbonyl (C=O) groups is 2. The highest BCUT2D eigenvalue weighted by Crippen LogP contribution is 2.01. The summed E-state index contributed by atoms with van der Waals surface area (Å²) in [6.07, 6.45) is 3.20. The van der Waals surface area contributed by atoms with Crippen molar-refractivity contribution >= 4 is 23.7 Å². The first-order valence-electron chi connectivity index (χ1n) is 4.46.